The van der Waals surface area contributed by atoms with E-state index in [0.29, 0.717) is 0 Å². The van der Waals surface area contributed by atoms with Crippen LogP contribution in [0.5, 0.6) is 0 Å². The van der Waals surface area contributed by atoms with Crippen molar-refractivity contribution in [3.63, 3.8) is 0 Å². The monoisotopic (exact) mass is 439 g/mol. The Balaban J connectivity index is 2.04. The van der Waals surface area contributed by atoms with E-state index in [0.717, 1.165) is 11.0 Å². The van der Waals surface area contributed by atoms with E-state index in [1.54, 1.807) is 24.3 Å². The first-order valence-corrected chi connectivity index (χ1v) is 9.80. The molecule has 1 atom stereocenters. The summed E-state index contributed by atoms with van der Waals surface area (Å²) in [6.07, 6.45) is -1.07. The topological polar surface area (TPSA) is 75.4 Å². The van der Waals surface area contributed by atoms with Crippen LogP contribution in [0.3, 0.4) is 0 Å². The van der Waals surface area contributed by atoms with Crippen LogP contribution in [0.4, 0.5) is 18.9 Å². The lowest BCUT2D eigenvalue weighted by Gasteiger charge is -2.38. The van der Waals surface area contributed by atoms with Gasteiger partial charge in [-0.25, -0.2) is 13.2 Å². The highest BCUT2D eigenvalue weighted by Gasteiger charge is 2.47. The molecule has 3 N–H and O–H groups in total. The number of rotatable bonds is 7. The summed E-state index contributed by atoms with van der Waals surface area (Å²) in [5, 5.41) is 2.77. The standard InChI is InChI=1S/C21H21ClF3N3O2/c22-17-7-2-1-6-16(17)19(20(30)27-14-11-21(24,25)12-14)28(18(29)8-9-26)15-5-3-4-13(23)10-15/h1-7,10,14,19H,8-9,11-12,26H2,(H,27,30). The number of hydrogen-bond donors (Lipinski definition) is 2. The fourth-order valence-electron chi connectivity index (χ4n) is 3.44. The number of nitrogens with one attached hydrogen (secondary N) is 1. The fourth-order valence-corrected chi connectivity index (χ4v) is 3.68. The number of alkyl halides is 2. The average Bonchev–Trinajstić information content (AvgIpc) is 2.65. The van der Waals surface area contributed by atoms with Gasteiger partial charge in [-0.05, 0) is 24.3 Å². The van der Waals surface area contributed by atoms with Crippen molar-refractivity contribution in [2.75, 3.05) is 11.4 Å². The highest BCUT2D eigenvalue weighted by atomic mass is 35.5. The van der Waals surface area contributed by atoms with Crippen molar-refractivity contribution < 1.29 is 22.8 Å². The molecule has 2 amide bonds. The van der Waals surface area contributed by atoms with Crippen molar-refractivity contribution in [3.05, 3.63) is 64.9 Å². The van der Waals surface area contributed by atoms with Crippen LogP contribution in [-0.2, 0) is 9.59 Å². The molecule has 1 saturated carbocycles. The van der Waals surface area contributed by atoms with E-state index >= 15 is 0 Å². The summed E-state index contributed by atoms with van der Waals surface area (Å²) in [5.74, 6) is -4.63. The minimum absolute atomic E-state index is 0.0103. The van der Waals surface area contributed by atoms with Gasteiger partial charge in [-0.15, -0.1) is 0 Å². The van der Waals surface area contributed by atoms with Crippen LogP contribution >= 0.6 is 11.6 Å². The second-order valence-corrected chi connectivity index (χ2v) is 7.58. The van der Waals surface area contributed by atoms with Crippen molar-refractivity contribution in [1.82, 2.24) is 5.32 Å². The molecular weight excluding hydrogens is 419 g/mol. The molecule has 0 heterocycles. The second kappa shape index (κ2) is 9.06. The summed E-state index contributed by atoms with van der Waals surface area (Å²) in [5.41, 5.74) is 5.95. The number of benzene rings is 2. The van der Waals surface area contributed by atoms with Gasteiger partial charge >= 0.3 is 0 Å². The summed E-state index contributed by atoms with van der Waals surface area (Å²) in [4.78, 5) is 27.2. The number of anilines is 1. The van der Waals surface area contributed by atoms with Crippen LogP contribution in [0.25, 0.3) is 0 Å². The zero-order valence-corrected chi connectivity index (χ0v) is 16.7. The molecule has 1 aliphatic rings. The Labute approximate surface area is 177 Å². The number of nitrogens with two attached hydrogens (primary N) is 1. The van der Waals surface area contributed by atoms with Crippen LogP contribution in [0.1, 0.15) is 30.9 Å². The van der Waals surface area contributed by atoms with Crippen LogP contribution in [-0.4, -0.2) is 30.3 Å². The van der Waals surface area contributed by atoms with Crippen molar-refractivity contribution in [3.8, 4) is 0 Å². The molecule has 0 bridgehead atoms. The maximum Gasteiger partial charge on any atom is 0.252 e. The fraction of sp³-hybridized carbons (Fsp3) is 0.333. The quantitative estimate of drug-likeness (QED) is 0.688. The lowest BCUT2D eigenvalue weighted by atomic mass is 9.87. The van der Waals surface area contributed by atoms with Gasteiger partial charge < -0.3 is 11.1 Å². The molecule has 5 nitrogen and oxygen atoms in total. The molecule has 30 heavy (non-hydrogen) atoms. The Kier molecular flexibility index (Phi) is 6.67. The second-order valence-electron chi connectivity index (χ2n) is 7.18. The highest BCUT2D eigenvalue weighted by Crippen LogP contribution is 2.39. The van der Waals surface area contributed by atoms with Gasteiger partial charge in [0.25, 0.3) is 5.92 Å². The molecule has 0 aliphatic heterocycles. The minimum Gasteiger partial charge on any atom is -0.351 e. The van der Waals surface area contributed by atoms with Gasteiger partial charge in [0.05, 0.1) is 0 Å². The van der Waals surface area contributed by atoms with Crippen LogP contribution in [0.15, 0.2) is 48.5 Å². The molecular formula is C21H21ClF3N3O2. The average molecular weight is 440 g/mol. The Bertz CT molecular complexity index is 933. The van der Waals surface area contributed by atoms with Crippen molar-refractivity contribution >= 4 is 29.1 Å². The number of nitrogens with zero attached hydrogens (tertiary/aromatic N) is 1. The van der Waals surface area contributed by atoms with Gasteiger partial charge in [-0.2, -0.15) is 0 Å². The van der Waals surface area contributed by atoms with Gasteiger partial charge in [0.2, 0.25) is 11.8 Å². The highest BCUT2D eigenvalue weighted by molar-refractivity contribution is 6.31. The number of hydrogen-bond acceptors (Lipinski definition) is 3. The van der Waals surface area contributed by atoms with E-state index in [4.69, 9.17) is 17.3 Å². The third-order valence-corrected chi connectivity index (χ3v) is 5.20. The molecule has 2 aromatic carbocycles. The molecule has 160 valence electrons. The molecule has 1 fully saturated rings. The van der Waals surface area contributed by atoms with Gasteiger partial charge in [-0.3, -0.25) is 14.5 Å². The van der Waals surface area contributed by atoms with E-state index in [-0.39, 0.29) is 29.2 Å². The zero-order chi connectivity index (χ0) is 21.9. The van der Waals surface area contributed by atoms with Gasteiger partial charge in [0.1, 0.15) is 11.9 Å². The molecule has 0 radical (unpaired) electrons. The first-order chi connectivity index (χ1) is 14.2. The predicted molar refractivity (Wildman–Crippen MR) is 108 cm³/mol. The third kappa shape index (κ3) is 4.94. The minimum atomic E-state index is -2.82. The summed E-state index contributed by atoms with van der Waals surface area (Å²) < 4.78 is 40.4. The first-order valence-electron chi connectivity index (χ1n) is 9.42. The lowest BCUT2D eigenvalue weighted by molar-refractivity contribution is -0.132. The molecule has 1 unspecified atom stereocenters. The van der Waals surface area contributed by atoms with Gasteiger partial charge in [-0.1, -0.05) is 35.9 Å². The normalized spacial score (nSPS) is 16.4. The largest absolute Gasteiger partial charge is 0.351 e. The Morgan fingerprint density at radius 1 is 1.20 bits per heavy atom. The van der Waals surface area contributed by atoms with Gasteiger partial charge in [0, 0.05) is 48.1 Å². The van der Waals surface area contributed by atoms with E-state index in [1.807, 2.05) is 0 Å². The van der Waals surface area contributed by atoms with Crippen LogP contribution < -0.4 is 16.0 Å². The molecule has 3 rings (SSSR count). The van der Waals surface area contributed by atoms with Gasteiger partial charge in [0.15, 0.2) is 0 Å². The smallest absolute Gasteiger partial charge is 0.252 e. The lowest BCUT2D eigenvalue weighted by Crippen LogP contribution is -2.54. The summed E-state index contributed by atoms with van der Waals surface area (Å²) in [7, 11) is 0. The molecule has 1 aliphatic carbocycles. The predicted octanol–water partition coefficient (Wildman–Crippen LogP) is 3.82. The molecule has 9 heteroatoms. The van der Waals surface area contributed by atoms with E-state index in [2.05, 4.69) is 5.32 Å². The number of amides is 2. The molecule has 0 saturated heterocycles. The summed E-state index contributed by atoms with van der Waals surface area (Å²) >= 11 is 6.30. The van der Waals surface area contributed by atoms with Crippen LogP contribution in [0, 0.1) is 5.82 Å². The maximum atomic E-state index is 13.9. The van der Waals surface area contributed by atoms with Crippen molar-refractivity contribution in [1.29, 1.82) is 0 Å². The van der Waals surface area contributed by atoms with Crippen molar-refractivity contribution in [2.24, 2.45) is 5.73 Å². The number of carbonyl (C=O) groups excluding carboxylic acids is 2. The van der Waals surface area contributed by atoms with Crippen molar-refractivity contribution in [2.45, 2.75) is 37.3 Å². The molecule has 0 spiro atoms. The third-order valence-electron chi connectivity index (χ3n) is 4.86. The molecule has 0 aromatic heterocycles. The maximum absolute atomic E-state index is 13.9. The van der Waals surface area contributed by atoms with E-state index in [9.17, 15) is 22.8 Å². The number of carbonyl (C=O) groups is 2. The van der Waals surface area contributed by atoms with Crippen LogP contribution in [0.2, 0.25) is 5.02 Å². The SMILES string of the molecule is NCCC(=O)N(c1cccc(F)c1)C(C(=O)NC1CC(F)(F)C1)c1ccccc1Cl. The molecule has 2 aromatic rings. The van der Waals surface area contributed by atoms with E-state index in [1.165, 1.54) is 18.2 Å². The Morgan fingerprint density at radius 3 is 2.50 bits per heavy atom. The zero-order valence-electron chi connectivity index (χ0n) is 16.0. The summed E-state index contributed by atoms with van der Waals surface area (Å²) in [6, 6.07) is 9.59. The number of halogens is 4. The Morgan fingerprint density at radius 2 is 1.90 bits per heavy atom. The Hall–Kier alpha value is -2.58. The van der Waals surface area contributed by atoms with E-state index < -0.39 is 48.5 Å². The summed E-state index contributed by atoms with van der Waals surface area (Å²) in [6.45, 7) is 0.0103. The first kappa shape index (κ1) is 22.1.